The molecule has 0 aliphatic carbocycles. The molecule has 0 aromatic heterocycles. The van der Waals surface area contributed by atoms with E-state index in [-0.39, 0.29) is 11.8 Å². The van der Waals surface area contributed by atoms with E-state index in [4.69, 9.17) is 0 Å². The molecule has 0 bridgehead atoms. The largest absolute Gasteiger partial charge is 0.302 e. The molecule has 0 saturated carbocycles. The molecule has 0 fully saturated rings. The first kappa shape index (κ1) is 13.2. The molecule has 1 rings (SSSR count). The molecule has 0 aliphatic rings. The number of benzene rings is 1. The molecule has 0 N–H and O–H groups in total. The van der Waals surface area contributed by atoms with Crippen molar-refractivity contribution in [3.63, 3.8) is 0 Å². The van der Waals surface area contributed by atoms with Crippen molar-refractivity contribution in [3.05, 3.63) is 35.4 Å². The molecule has 90 valence electrons. The molecule has 4 heteroatoms. The van der Waals surface area contributed by atoms with Gasteiger partial charge in [0.1, 0.15) is 0 Å². The highest BCUT2D eigenvalue weighted by atomic mass is 32.3. The van der Waals surface area contributed by atoms with Gasteiger partial charge in [-0.05, 0) is 23.0 Å². The fourth-order valence-electron chi connectivity index (χ4n) is 1.41. The molecule has 1 aromatic carbocycles. The Bertz CT molecular complexity index is 441. The Hall–Kier alpha value is -0.900. The summed E-state index contributed by atoms with van der Waals surface area (Å²) in [5, 5.41) is 0. The molecule has 0 heterocycles. The van der Waals surface area contributed by atoms with Crippen molar-refractivity contribution in [2.75, 3.05) is 5.75 Å². The quantitative estimate of drug-likeness (QED) is 0.766. The standard InChI is InChI=1S/C12H17FO2S/c1-12(2,3)11-6-4-10(5-7-11)8-9-16(13,14)15/h4-7H,8-9H2,1-3H3. The predicted octanol–water partition coefficient (Wildman–Crippen LogP) is 2.83. The number of aryl methyl sites for hydroxylation is 1. The van der Waals surface area contributed by atoms with Crippen molar-refractivity contribution in [1.82, 2.24) is 0 Å². The van der Waals surface area contributed by atoms with Crippen molar-refractivity contribution in [2.24, 2.45) is 0 Å². The fraction of sp³-hybridized carbons (Fsp3) is 0.500. The van der Waals surface area contributed by atoms with E-state index in [1.807, 2.05) is 24.3 Å². The Morgan fingerprint density at radius 2 is 1.62 bits per heavy atom. The minimum Gasteiger partial charge on any atom is -0.195 e. The summed E-state index contributed by atoms with van der Waals surface area (Å²) in [6.07, 6.45) is 0.225. The van der Waals surface area contributed by atoms with Crippen LogP contribution in [0.3, 0.4) is 0 Å². The van der Waals surface area contributed by atoms with Gasteiger partial charge in [-0.15, -0.1) is 3.89 Å². The smallest absolute Gasteiger partial charge is 0.195 e. The highest BCUT2D eigenvalue weighted by molar-refractivity contribution is 7.86. The summed E-state index contributed by atoms with van der Waals surface area (Å²) < 4.78 is 33.0. The van der Waals surface area contributed by atoms with Crippen LogP contribution in [0, 0.1) is 0 Å². The molecule has 0 saturated heterocycles. The minimum absolute atomic E-state index is 0.0741. The van der Waals surface area contributed by atoms with Crippen molar-refractivity contribution in [1.29, 1.82) is 0 Å². The van der Waals surface area contributed by atoms with E-state index in [0.717, 1.165) is 5.56 Å². The van der Waals surface area contributed by atoms with Crippen LogP contribution in [-0.4, -0.2) is 14.2 Å². The van der Waals surface area contributed by atoms with Crippen LogP contribution in [0.2, 0.25) is 0 Å². The lowest BCUT2D eigenvalue weighted by molar-refractivity contribution is 0.551. The Kier molecular flexibility index (Phi) is 3.73. The van der Waals surface area contributed by atoms with Crippen molar-refractivity contribution >= 4 is 10.2 Å². The number of halogens is 1. The number of hydrogen-bond donors (Lipinski definition) is 0. The molecule has 0 atom stereocenters. The average molecular weight is 244 g/mol. The molecule has 0 spiro atoms. The SMILES string of the molecule is CC(C)(C)c1ccc(CCS(=O)(=O)F)cc1. The van der Waals surface area contributed by atoms with E-state index in [1.165, 1.54) is 5.56 Å². The third-order valence-corrected chi connectivity index (χ3v) is 3.15. The maximum Gasteiger partial charge on any atom is 0.302 e. The second-order valence-electron chi connectivity index (χ2n) is 4.94. The summed E-state index contributed by atoms with van der Waals surface area (Å²) in [5.74, 6) is -0.443. The second kappa shape index (κ2) is 4.53. The van der Waals surface area contributed by atoms with Crippen molar-refractivity contribution < 1.29 is 12.3 Å². The summed E-state index contributed by atoms with van der Waals surface area (Å²) in [4.78, 5) is 0. The molecule has 0 amide bonds. The van der Waals surface area contributed by atoms with Gasteiger partial charge in [0.2, 0.25) is 0 Å². The van der Waals surface area contributed by atoms with E-state index in [2.05, 4.69) is 20.8 Å². The van der Waals surface area contributed by atoms with Gasteiger partial charge in [-0.3, -0.25) is 0 Å². The molecule has 2 nitrogen and oxygen atoms in total. The predicted molar refractivity (Wildman–Crippen MR) is 63.7 cm³/mol. The fourth-order valence-corrected chi connectivity index (χ4v) is 1.89. The van der Waals surface area contributed by atoms with Gasteiger partial charge in [-0.25, -0.2) is 0 Å². The Balaban J connectivity index is 2.73. The first-order chi connectivity index (χ1) is 7.18. The van der Waals surface area contributed by atoms with E-state index in [9.17, 15) is 12.3 Å². The maximum absolute atomic E-state index is 12.3. The lowest BCUT2D eigenvalue weighted by Gasteiger charge is -2.19. The maximum atomic E-state index is 12.3. The van der Waals surface area contributed by atoms with Crippen LogP contribution >= 0.6 is 0 Å². The highest BCUT2D eigenvalue weighted by Gasteiger charge is 2.13. The molecule has 1 aromatic rings. The normalized spacial score (nSPS) is 12.8. The summed E-state index contributed by atoms with van der Waals surface area (Å²) in [5.41, 5.74) is 2.10. The third-order valence-electron chi connectivity index (χ3n) is 2.45. The Morgan fingerprint density at radius 3 is 2.00 bits per heavy atom. The third kappa shape index (κ3) is 4.31. The van der Waals surface area contributed by atoms with Crippen molar-refractivity contribution in [3.8, 4) is 0 Å². The van der Waals surface area contributed by atoms with Gasteiger partial charge >= 0.3 is 10.2 Å². The zero-order valence-electron chi connectivity index (χ0n) is 9.83. The van der Waals surface area contributed by atoms with Crippen LogP contribution in [0.1, 0.15) is 31.9 Å². The van der Waals surface area contributed by atoms with E-state index < -0.39 is 16.0 Å². The van der Waals surface area contributed by atoms with Crippen molar-refractivity contribution in [2.45, 2.75) is 32.6 Å². The first-order valence-corrected chi connectivity index (χ1v) is 6.75. The topological polar surface area (TPSA) is 34.1 Å². The van der Waals surface area contributed by atoms with Crippen LogP contribution in [-0.2, 0) is 22.1 Å². The summed E-state index contributed by atoms with van der Waals surface area (Å²) in [7, 11) is -4.36. The first-order valence-electron chi connectivity index (χ1n) is 5.20. The van der Waals surface area contributed by atoms with Gasteiger partial charge in [0, 0.05) is 0 Å². The molecule has 0 unspecified atom stereocenters. The zero-order chi connectivity index (χ0) is 12.4. The van der Waals surface area contributed by atoms with Crippen LogP contribution in [0.25, 0.3) is 0 Å². The average Bonchev–Trinajstić information content (AvgIpc) is 2.13. The van der Waals surface area contributed by atoms with Crippen LogP contribution < -0.4 is 0 Å². The minimum atomic E-state index is -4.36. The zero-order valence-corrected chi connectivity index (χ0v) is 10.6. The molecular weight excluding hydrogens is 227 g/mol. The van der Waals surface area contributed by atoms with E-state index >= 15 is 0 Å². The van der Waals surface area contributed by atoms with Gasteiger partial charge in [-0.2, -0.15) is 8.42 Å². The lowest BCUT2D eigenvalue weighted by Crippen LogP contribution is -2.11. The Labute approximate surface area is 96.7 Å². The lowest BCUT2D eigenvalue weighted by atomic mass is 9.86. The van der Waals surface area contributed by atoms with Gasteiger partial charge in [0.05, 0.1) is 5.75 Å². The molecular formula is C12H17FO2S. The Morgan fingerprint density at radius 1 is 1.12 bits per heavy atom. The van der Waals surface area contributed by atoms with Crippen LogP contribution in [0.5, 0.6) is 0 Å². The van der Waals surface area contributed by atoms with Gasteiger partial charge in [0.25, 0.3) is 0 Å². The van der Waals surface area contributed by atoms with E-state index in [1.54, 1.807) is 0 Å². The molecule has 0 aliphatic heterocycles. The summed E-state index contributed by atoms with van der Waals surface area (Å²) in [6.45, 7) is 6.32. The second-order valence-corrected chi connectivity index (χ2v) is 6.43. The van der Waals surface area contributed by atoms with Crippen LogP contribution in [0.15, 0.2) is 24.3 Å². The number of hydrogen-bond acceptors (Lipinski definition) is 2. The van der Waals surface area contributed by atoms with E-state index in [0.29, 0.717) is 0 Å². The molecule has 0 radical (unpaired) electrons. The van der Waals surface area contributed by atoms with Gasteiger partial charge in [-0.1, -0.05) is 45.0 Å². The van der Waals surface area contributed by atoms with Gasteiger partial charge in [0.15, 0.2) is 0 Å². The highest BCUT2D eigenvalue weighted by Crippen LogP contribution is 2.22. The monoisotopic (exact) mass is 244 g/mol. The van der Waals surface area contributed by atoms with Gasteiger partial charge < -0.3 is 0 Å². The van der Waals surface area contributed by atoms with Crippen LogP contribution in [0.4, 0.5) is 3.89 Å². The summed E-state index contributed by atoms with van der Waals surface area (Å²) in [6, 6.07) is 7.62. The number of rotatable bonds is 3. The summed E-state index contributed by atoms with van der Waals surface area (Å²) >= 11 is 0. The molecule has 16 heavy (non-hydrogen) atoms.